The molecule has 1 aromatic rings. The average molecular weight is 308 g/mol. The molecule has 112 valence electrons. The van der Waals surface area contributed by atoms with Crippen molar-refractivity contribution in [3.63, 3.8) is 0 Å². The number of carboxylic acids is 1. The van der Waals surface area contributed by atoms with Gasteiger partial charge >= 0.3 is 5.97 Å². The minimum absolute atomic E-state index is 0.0732. The number of nitrogens with zero attached hydrogens (tertiary/aromatic N) is 1. The first-order chi connectivity index (χ1) is 9.89. The van der Waals surface area contributed by atoms with Gasteiger partial charge in [0.2, 0.25) is 10.0 Å². The van der Waals surface area contributed by atoms with Gasteiger partial charge < -0.3 is 5.11 Å². The maximum absolute atomic E-state index is 12.1. The molecule has 0 aliphatic heterocycles. The van der Waals surface area contributed by atoms with Gasteiger partial charge in [-0.05, 0) is 30.5 Å². The fraction of sp³-hybridized carbons (Fsp3) is 0.429. The molecule has 7 heteroatoms. The summed E-state index contributed by atoms with van der Waals surface area (Å²) in [6, 6.07) is 7.98. The van der Waals surface area contributed by atoms with Crippen molar-refractivity contribution in [2.24, 2.45) is 5.41 Å². The number of carbonyl (C=O) groups is 1. The molecule has 0 heterocycles. The summed E-state index contributed by atoms with van der Waals surface area (Å²) in [6.45, 7) is -0.0926. The lowest BCUT2D eigenvalue weighted by atomic mass is 9.69. The normalized spacial score (nSPS) is 16.7. The highest BCUT2D eigenvalue weighted by Gasteiger charge is 2.44. The maximum Gasteiger partial charge on any atom is 0.310 e. The highest BCUT2D eigenvalue weighted by atomic mass is 32.2. The Kier molecular flexibility index (Phi) is 4.30. The van der Waals surface area contributed by atoms with Crippen LogP contribution in [0.1, 0.15) is 24.8 Å². The summed E-state index contributed by atoms with van der Waals surface area (Å²) in [4.78, 5) is 11.3. The Bertz CT molecular complexity index is 670. The van der Waals surface area contributed by atoms with Crippen LogP contribution in [0.4, 0.5) is 0 Å². The van der Waals surface area contributed by atoms with Crippen molar-refractivity contribution in [2.75, 3.05) is 6.54 Å². The summed E-state index contributed by atoms with van der Waals surface area (Å²) in [7, 11) is -3.73. The molecule has 0 bridgehead atoms. The lowest BCUT2D eigenvalue weighted by molar-refractivity contribution is -0.153. The second-order valence-electron chi connectivity index (χ2n) is 5.24. The lowest BCUT2D eigenvalue weighted by Gasteiger charge is -2.37. The van der Waals surface area contributed by atoms with Crippen LogP contribution < -0.4 is 4.72 Å². The largest absolute Gasteiger partial charge is 0.481 e. The van der Waals surface area contributed by atoms with Crippen molar-refractivity contribution >= 4 is 16.0 Å². The van der Waals surface area contributed by atoms with Crippen molar-refractivity contribution in [3.05, 3.63) is 29.8 Å². The van der Waals surface area contributed by atoms with Gasteiger partial charge in [-0.1, -0.05) is 18.6 Å². The summed E-state index contributed by atoms with van der Waals surface area (Å²) in [6.07, 6.45) is 2.00. The fourth-order valence-electron chi connectivity index (χ4n) is 2.26. The van der Waals surface area contributed by atoms with Crippen molar-refractivity contribution in [1.82, 2.24) is 4.72 Å². The second kappa shape index (κ2) is 5.84. The number of hydrogen-bond donors (Lipinski definition) is 2. The molecule has 0 atom stereocenters. The van der Waals surface area contributed by atoms with Crippen LogP contribution in [0.15, 0.2) is 29.2 Å². The Balaban J connectivity index is 2.08. The standard InChI is InChI=1S/C14H16N2O4S/c15-9-6-11-2-4-12(5-3-11)21(19,20)16-10-14(13(17)18)7-1-8-14/h2-5,16H,1,6-8,10H2,(H,17,18). The Morgan fingerprint density at radius 1 is 1.33 bits per heavy atom. The molecule has 6 nitrogen and oxygen atoms in total. The highest BCUT2D eigenvalue weighted by molar-refractivity contribution is 7.89. The van der Waals surface area contributed by atoms with Crippen LogP contribution in [0, 0.1) is 16.7 Å². The topological polar surface area (TPSA) is 107 Å². The molecule has 21 heavy (non-hydrogen) atoms. The second-order valence-corrected chi connectivity index (χ2v) is 7.01. The predicted molar refractivity (Wildman–Crippen MR) is 74.9 cm³/mol. The lowest BCUT2D eigenvalue weighted by Crippen LogP contribution is -2.47. The van der Waals surface area contributed by atoms with E-state index in [2.05, 4.69) is 4.72 Å². The van der Waals surface area contributed by atoms with Crippen LogP contribution in [-0.4, -0.2) is 26.0 Å². The van der Waals surface area contributed by atoms with E-state index in [4.69, 9.17) is 5.26 Å². The molecule has 0 amide bonds. The molecule has 0 spiro atoms. The van der Waals surface area contributed by atoms with Crippen LogP contribution in [0.3, 0.4) is 0 Å². The molecule has 1 aliphatic rings. The van der Waals surface area contributed by atoms with Crippen LogP contribution in [0.2, 0.25) is 0 Å². The van der Waals surface area contributed by atoms with Gasteiger partial charge in [-0.2, -0.15) is 5.26 Å². The molecule has 0 radical (unpaired) electrons. The van der Waals surface area contributed by atoms with E-state index in [1.165, 1.54) is 12.1 Å². The molecular formula is C14H16N2O4S. The van der Waals surface area contributed by atoms with E-state index in [1.807, 2.05) is 6.07 Å². The van der Waals surface area contributed by atoms with Gasteiger partial charge in [0.15, 0.2) is 0 Å². The number of benzene rings is 1. The zero-order chi connectivity index (χ0) is 15.5. The summed E-state index contributed by atoms with van der Waals surface area (Å²) in [5.41, 5.74) is -0.231. The van der Waals surface area contributed by atoms with Crippen LogP contribution in [-0.2, 0) is 21.2 Å². The van der Waals surface area contributed by atoms with Gasteiger partial charge in [0, 0.05) is 6.54 Å². The summed E-state index contributed by atoms with van der Waals surface area (Å²) < 4.78 is 26.7. The van der Waals surface area contributed by atoms with Gasteiger partial charge in [-0.15, -0.1) is 0 Å². The number of sulfonamides is 1. The van der Waals surface area contributed by atoms with Crippen molar-refractivity contribution in [1.29, 1.82) is 5.26 Å². The summed E-state index contributed by atoms with van der Waals surface area (Å²) >= 11 is 0. The number of rotatable bonds is 6. The van der Waals surface area contributed by atoms with Gasteiger partial charge in [0.25, 0.3) is 0 Å². The molecule has 0 aromatic heterocycles. The predicted octanol–water partition coefficient (Wildman–Crippen LogP) is 1.29. The molecule has 2 N–H and O–H groups in total. The van der Waals surface area contributed by atoms with E-state index in [0.717, 1.165) is 12.0 Å². The Morgan fingerprint density at radius 3 is 2.38 bits per heavy atom. The maximum atomic E-state index is 12.1. The van der Waals surface area contributed by atoms with Crippen molar-refractivity contribution < 1.29 is 18.3 Å². The Hall–Kier alpha value is -1.91. The van der Waals surface area contributed by atoms with Gasteiger partial charge in [-0.25, -0.2) is 13.1 Å². The van der Waals surface area contributed by atoms with Crippen LogP contribution in [0.5, 0.6) is 0 Å². The molecule has 0 unspecified atom stereocenters. The van der Waals surface area contributed by atoms with Crippen LogP contribution >= 0.6 is 0 Å². The molecule has 1 aromatic carbocycles. The number of carboxylic acid groups (broad SMARTS) is 1. The smallest absolute Gasteiger partial charge is 0.310 e. The first-order valence-electron chi connectivity index (χ1n) is 6.59. The summed E-state index contributed by atoms with van der Waals surface area (Å²) in [5.74, 6) is -0.958. The molecular weight excluding hydrogens is 292 g/mol. The van der Waals surface area contributed by atoms with Crippen LogP contribution in [0.25, 0.3) is 0 Å². The Labute approximate surface area is 123 Å². The molecule has 1 fully saturated rings. The fourth-order valence-corrected chi connectivity index (χ4v) is 3.39. The minimum Gasteiger partial charge on any atom is -0.481 e. The van der Waals surface area contributed by atoms with Gasteiger partial charge in [-0.3, -0.25) is 4.79 Å². The number of aliphatic carboxylic acids is 1. The van der Waals surface area contributed by atoms with Gasteiger partial charge in [0.1, 0.15) is 0 Å². The number of nitrogens with one attached hydrogen (secondary N) is 1. The van der Waals surface area contributed by atoms with E-state index in [0.29, 0.717) is 12.8 Å². The third kappa shape index (κ3) is 3.23. The minimum atomic E-state index is -3.73. The zero-order valence-electron chi connectivity index (χ0n) is 11.4. The van der Waals surface area contributed by atoms with Crippen molar-refractivity contribution in [2.45, 2.75) is 30.6 Å². The number of nitriles is 1. The SMILES string of the molecule is N#CCc1ccc(S(=O)(=O)NCC2(C(=O)O)CCC2)cc1. The monoisotopic (exact) mass is 308 g/mol. The third-order valence-electron chi connectivity index (χ3n) is 3.88. The summed E-state index contributed by atoms with van der Waals surface area (Å²) in [5, 5.41) is 17.8. The van der Waals surface area contributed by atoms with E-state index in [-0.39, 0.29) is 17.9 Å². The third-order valence-corrected chi connectivity index (χ3v) is 5.30. The molecule has 1 aliphatic carbocycles. The van der Waals surface area contributed by atoms with E-state index in [1.54, 1.807) is 12.1 Å². The van der Waals surface area contributed by atoms with Gasteiger partial charge in [0.05, 0.1) is 22.8 Å². The number of hydrogen-bond acceptors (Lipinski definition) is 4. The van der Waals surface area contributed by atoms with E-state index < -0.39 is 21.4 Å². The quantitative estimate of drug-likeness (QED) is 0.823. The zero-order valence-corrected chi connectivity index (χ0v) is 12.2. The Morgan fingerprint density at radius 2 is 1.95 bits per heavy atom. The first-order valence-corrected chi connectivity index (χ1v) is 8.07. The average Bonchev–Trinajstić information content (AvgIpc) is 2.38. The highest BCUT2D eigenvalue weighted by Crippen LogP contribution is 2.40. The van der Waals surface area contributed by atoms with Crippen molar-refractivity contribution in [3.8, 4) is 6.07 Å². The molecule has 0 saturated heterocycles. The molecule has 1 saturated carbocycles. The molecule has 2 rings (SSSR count). The van der Waals surface area contributed by atoms with E-state index in [9.17, 15) is 18.3 Å². The van der Waals surface area contributed by atoms with E-state index >= 15 is 0 Å². The first kappa shape index (κ1) is 15.5.